The van der Waals surface area contributed by atoms with Crippen LogP contribution in [0.25, 0.3) is 0 Å². The highest BCUT2D eigenvalue weighted by atomic mass is 35.7. The lowest BCUT2D eigenvalue weighted by molar-refractivity contribution is -0.117. The number of nitriles is 1. The van der Waals surface area contributed by atoms with Crippen molar-refractivity contribution < 1.29 is 13.2 Å². The maximum absolute atomic E-state index is 12.2. The van der Waals surface area contributed by atoms with Crippen molar-refractivity contribution in [3.8, 4) is 6.07 Å². The predicted octanol–water partition coefficient (Wildman–Crippen LogP) is 2.56. The van der Waals surface area contributed by atoms with Gasteiger partial charge in [-0.05, 0) is 31.2 Å². The minimum absolute atomic E-state index is 0.0404. The Labute approximate surface area is 137 Å². The molecule has 1 aromatic rings. The Morgan fingerprint density at radius 3 is 2.64 bits per heavy atom. The number of hydrogen-bond acceptors (Lipinski definition) is 5. The third-order valence-electron chi connectivity index (χ3n) is 4.25. The summed E-state index contributed by atoms with van der Waals surface area (Å²) in [6.45, 7) is 0.0404. The zero-order valence-electron chi connectivity index (χ0n) is 11.8. The second-order valence-electron chi connectivity index (χ2n) is 5.66. The summed E-state index contributed by atoms with van der Waals surface area (Å²) in [5.41, 5.74) is 1.59. The monoisotopic (exact) mass is 358 g/mol. The molecular formula is C14H15ClN2O3S2. The zero-order valence-corrected chi connectivity index (χ0v) is 14.2. The molecule has 0 N–H and O–H groups in total. The first kappa shape index (κ1) is 15.8. The van der Waals surface area contributed by atoms with E-state index in [0.29, 0.717) is 10.6 Å². The van der Waals surface area contributed by atoms with Gasteiger partial charge in [-0.2, -0.15) is 5.26 Å². The molecule has 22 heavy (non-hydrogen) atoms. The minimum Gasteiger partial charge on any atom is -0.301 e. The summed E-state index contributed by atoms with van der Waals surface area (Å²) in [6.07, 6.45) is 4.95. The number of amides is 1. The summed E-state index contributed by atoms with van der Waals surface area (Å²) >= 11 is 1.46. The number of rotatable bonds is 2. The fourth-order valence-electron chi connectivity index (χ4n) is 3.09. The van der Waals surface area contributed by atoms with Crippen molar-refractivity contribution in [2.75, 3.05) is 11.4 Å². The summed E-state index contributed by atoms with van der Waals surface area (Å²) in [4.78, 5) is 14.8. The number of fused-ring (bicyclic) bond motifs is 1. The Bertz CT molecular complexity index is 764. The van der Waals surface area contributed by atoms with Crippen LogP contribution in [0.5, 0.6) is 0 Å². The smallest absolute Gasteiger partial charge is 0.237 e. The predicted molar refractivity (Wildman–Crippen MR) is 85.8 cm³/mol. The van der Waals surface area contributed by atoms with Crippen LogP contribution >= 0.6 is 22.0 Å². The molecule has 0 aromatic carbocycles. The third-order valence-corrected chi connectivity index (χ3v) is 7.43. The van der Waals surface area contributed by atoms with Crippen molar-refractivity contribution in [3.05, 3.63) is 16.0 Å². The topological polar surface area (TPSA) is 78.2 Å². The molecular weight excluding hydrogens is 344 g/mol. The first-order valence-corrected chi connectivity index (χ1v) is 10.4. The molecule has 3 rings (SSSR count). The summed E-state index contributed by atoms with van der Waals surface area (Å²) in [6, 6.07) is 2.22. The summed E-state index contributed by atoms with van der Waals surface area (Å²) < 4.78 is 23.0. The van der Waals surface area contributed by atoms with E-state index in [1.54, 1.807) is 0 Å². The molecule has 0 spiro atoms. The summed E-state index contributed by atoms with van der Waals surface area (Å²) in [7, 11) is 1.61. The standard InChI is InChI=1S/C14H15ClN2O3S2/c15-22(19,20)9-6-13(18)17(8-9)14-11(7-16)10-4-2-1-3-5-12(10)21-14/h9H,1-6,8H2. The van der Waals surface area contributed by atoms with Gasteiger partial charge in [0, 0.05) is 28.5 Å². The third kappa shape index (κ3) is 2.75. The van der Waals surface area contributed by atoms with Crippen LogP contribution in [0, 0.1) is 11.3 Å². The van der Waals surface area contributed by atoms with Gasteiger partial charge in [-0.25, -0.2) is 8.42 Å². The molecule has 118 valence electrons. The molecule has 5 nitrogen and oxygen atoms in total. The van der Waals surface area contributed by atoms with E-state index in [0.717, 1.165) is 42.5 Å². The van der Waals surface area contributed by atoms with Gasteiger partial charge in [-0.15, -0.1) is 11.3 Å². The molecule has 2 aliphatic rings. The molecule has 8 heteroatoms. The second kappa shape index (κ2) is 5.84. The number of nitrogens with zero attached hydrogens (tertiary/aromatic N) is 2. The molecule has 1 saturated heterocycles. The maximum Gasteiger partial charge on any atom is 0.237 e. The van der Waals surface area contributed by atoms with Gasteiger partial charge in [0.2, 0.25) is 15.0 Å². The lowest BCUT2D eigenvalue weighted by atomic mass is 10.1. The number of aryl methyl sites for hydroxylation is 1. The molecule has 0 bridgehead atoms. The molecule has 1 aliphatic carbocycles. The Hall–Kier alpha value is -1.10. The highest BCUT2D eigenvalue weighted by Gasteiger charge is 2.40. The second-order valence-corrected chi connectivity index (χ2v) is 9.65. The number of thiophene rings is 1. The molecule has 1 unspecified atom stereocenters. The molecule has 1 atom stereocenters. The highest BCUT2D eigenvalue weighted by Crippen LogP contribution is 2.41. The van der Waals surface area contributed by atoms with E-state index in [1.165, 1.54) is 16.2 Å². The zero-order chi connectivity index (χ0) is 15.9. The summed E-state index contributed by atoms with van der Waals surface area (Å²) in [5.74, 6) is -0.276. The van der Waals surface area contributed by atoms with Crippen molar-refractivity contribution in [3.63, 3.8) is 0 Å². The van der Waals surface area contributed by atoms with E-state index in [1.807, 2.05) is 0 Å². The van der Waals surface area contributed by atoms with Gasteiger partial charge >= 0.3 is 0 Å². The van der Waals surface area contributed by atoms with Crippen LogP contribution in [0.3, 0.4) is 0 Å². The summed E-state index contributed by atoms with van der Waals surface area (Å²) in [5, 5.41) is 9.21. The fraction of sp³-hybridized carbons (Fsp3) is 0.571. The van der Waals surface area contributed by atoms with Gasteiger partial charge in [-0.3, -0.25) is 4.79 Å². The average Bonchev–Trinajstić information content (AvgIpc) is 2.91. The molecule has 0 radical (unpaired) electrons. The van der Waals surface area contributed by atoms with E-state index < -0.39 is 14.3 Å². The first-order chi connectivity index (χ1) is 10.4. The van der Waals surface area contributed by atoms with E-state index in [9.17, 15) is 18.5 Å². The van der Waals surface area contributed by atoms with Gasteiger partial charge in [0.05, 0.1) is 5.56 Å². The molecule has 1 fully saturated rings. The minimum atomic E-state index is -3.77. The number of carbonyl (C=O) groups is 1. The SMILES string of the molecule is N#Cc1c(N2CC(S(=O)(=O)Cl)CC2=O)sc2c1CCCCC2. The van der Waals surface area contributed by atoms with E-state index in [2.05, 4.69) is 6.07 Å². The Balaban J connectivity index is 1.99. The van der Waals surface area contributed by atoms with Crippen LogP contribution < -0.4 is 4.90 Å². The van der Waals surface area contributed by atoms with Crippen LogP contribution in [-0.4, -0.2) is 26.1 Å². The van der Waals surface area contributed by atoms with Crippen LogP contribution in [0.4, 0.5) is 5.00 Å². The molecule has 1 aromatic heterocycles. The molecule has 1 amide bonds. The van der Waals surface area contributed by atoms with Gasteiger partial charge in [0.1, 0.15) is 16.3 Å². The van der Waals surface area contributed by atoms with Gasteiger partial charge in [-0.1, -0.05) is 6.42 Å². The number of carbonyl (C=O) groups excluding carboxylic acids is 1. The Kier molecular flexibility index (Phi) is 4.19. The van der Waals surface area contributed by atoms with Crippen LogP contribution in [0.2, 0.25) is 0 Å². The van der Waals surface area contributed by atoms with Crippen molar-refractivity contribution in [2.24, 2.45) is 0 Å². The van der Waals surface area contributed by atoms with Crippen molar-refractivity contribution in [2.45, 2.75) is 43.8 Å². The molecule has 1 aliphatic heterocycles. The van der Waals surface area contributed by atoms with Crippen LogP contribution in [0.15, 0.2) is 0 Å². The number of hydrogen-bond donors (Lipinski definition) is 0. The van der Waals surface area contributed by atoms with Gasteiger partial charge < -0.3 is 4.90 Å². The molecule has 0 saturated carbocycles. The average molecular weight is 359 g/mol. The first-order valence-electron chi connectivity index (χ1n) is 7.20. The number of halogens is 1. The van der Waals surface area contributed by atoms with Gasteiger partial charge in [0.25, 0.3) is 0 Å². The van der Waals surface area contributed by atoms with Crippen molar-refractivity contribution in [1.82, 2.24) is 0 Å². The van der Waals surface area contributed by atoms with E-state index in [4.69, 9.17) is 10.7 Å². The molecule has 2 heterocycles. The number of anilines is 1. The maximum atomic E-state index is 12.2. The van der Waals surface area contributed by atoms with Crippen LogP contribution in [-0.2, 0) is 26.7 Å². The lowest BCUT2D eigenvalue weighted by Crippen LogP contribution is -2.26. The van der Waals surface area contributed by atoms with Gasteiger partial charge in [0.15, 0.2) is 0 Å². The van der Waals surface area contributed by atoms with Crippen molar-refractivity contribution >= 4 is 42.0 Å². The quantitative estimate of drug-likeness (QED) is 0.601. The Morgan fingerprint density at radius 2 is 2.00 bits per heavy atom. The van der Waals surface area contributed by atoms with E-state index in [-0.39, 0.29) is 18.9 Å². The highest BCUT2D eigenvalue weighted by molar-refractivity contribution is 8.14. The van der Waals surface area contributed by atoms with E-state index >= 15 is 0 Å². The normalized spacial score (nSPS) is 22.3. The largest absolute Gasteiger partial charge is 0.301 e. The Morgan fingerprint density at radius 1 is 1.27 bits per heavy atom. The fourth-order valence-corrected chi connectivity index (χ4v) is 5.48. The van der Waals surface area contributed by atoms with Crippen LogP contribution in [0.1, 0.15) is 41.7 Å². The van der Waals surface area contributed by atoms with Crippen molar-refractivity contribution in [1.29, 1.82) is 5.26 Å². The lowest BCUT2D eigenvalue weighted by Gasteiger charge is -2.14.